The van der Waals surface area contributed by atoms with Crippen LogP contribution in [-0.2, 0) is 32.7 Å². The van der Waals surface area contributed by atoms with E-state index in [4.69, 9.17) is 18.5 Å². The highest BCUT2D eigenvalue weighted by atomic mass is 31.2. The summed E-state index contributed by atoms with van der Waals surface area (Å²) in [6, 6.07) is 0. The fourth-order valence-corrected chi connectivity index (χ4v) is 7.94. The summed E-state index contributed by atoms with van der Waals surface area (Å²) in [5.41, 5.74) is 0. The first-order valence-corrected chi connectivity index (χ1v) is 27.0. The summed E-state index contributed by atoms with van der Waals surface area (Å²) in [5, 5.41) is 0. The van der Waals surface area contributed by atoms with E-state index in [0.717, 1.165) is 38.5 Å². The van der Waals surface area contributed by atoms with E-state index in [1.54, 1.807) is 0 Å². The van der Waals surface area contributed by atoms with Gasteiger partial charge in [0, 0.05) is 12.8 Å². The lowest BCUT2D eigenvalue weighted by Gasteiger charge is -2.28. The number of phosphoric acid groups is 1. The van der Waals surface area contributed by atoms with E-state index in [1.165, 1.54) is 167 Å². The second-order valence-corrected chi connectivity index (χ2v) is 20.0. The lowest BCUT2D eigenvalue weighted by atomic mass is 10.0. The topological polar surface area (TPSA) is 111 Å². The van der Waals surface area contributed by atoms with Gasteiger partial charge < -0.3 is 27.9 Å². The quantitative estimate of drug-likeness (QED) is 0.0195. The minimum atomic E-state index is -4.63. The zero-order valence-electron chi connectivity index (χ0n) is 40.6. The Morgan fingerprint density at radius 3 is 1.33 bits per heavy atom. The Balaban J connectivity index is 4.24. The van der Waals surface area contributed by atoms with Gasteiger partial charge in [0.25, 0.3) is 7.82 Å². The Labute approximate surface area is 377 Å². The number of rotatable bonds is 47. The van der Waals surface area contributed by atoms with Crippen LogP contribution in [0.3, 0.4) is 0 Å². The smallest absolute Gasteiger partial charge is 0.306 e. The molecule has 0 saturated carbocycles. The van der Waals surface area contributed by atoms with Crippen molar-refractivity contribution in [1.82, 2.24) is 0 Å². The highest BCUT2D eigenvalue weighted by Crippen LogP contribution is 2.38. The number of ether oxygens (including phenoxy) is 2. The molecule has 0 aromatic heterocycles. The molecule has 0 saturated heterocycles. The van der Waals surface area contributed by atoms with Crippen LogP contribution in [0.25, 0.3) is 0 Å². The maximum atomic E-state index is 12.7. The summed E-state index contributed by atoms with van der Waals surface area (Å²) in [6.07, 6.45) is 49.1. The van der Waals surface area contributed by atoms with E-state index < -0.39 is 26.5 Å². The lowest BCUT2D eigenvalue weighted by Crippen LogP contribution is -2.37. The molecule has 0 aliphatic rings. The number of carbonyl (C=O) groups excluding carboxylic acids is 2. The van der Waals surface area contributed by atoms with Crippen molar-refractivity contribution >= 4 is 19.8 Å². The Bertz CT molecular complexity index is 1090. The summed E-state index contributed by atoms with van der Waals surface area (Å²) in [5.74, 6) is -0.827. The summed E-state index contributed by atoms with van der Waals surface area (Å²) in [4.78, 5) is 37.7. The minimum Gasteiger partial charge on any atom is -0.756 e. The van der Waals surface area contributed by atoms with E-state index in [9.17, 15) is 19.0 Å². The standard InChI is InChI=1S/C51H98NO8P/c1-6-8-10-12-14-16-18-20-22-24-26-28-29-31-33-35-37-39-41-43-50(53)57-47-49(48-59-61(55,56)58-46-45-52(3,4)5)60-51(54)44-42-40-38-36-34-32-30-27-25-23-21-19-17-15-13-11-9-7-2/h14,16,20,22,49H,6-13,15,17-19,21,23-48H2,1-5H3/b16-14+,22-20+/t49-/m1/s1. The molecule has 0 bridgehead atoms. The SMILES string of the molecule is CCCCC/C=C/C/C=C/CCCCCCCCCCCC(=O)OC[C@H](COP(=O)([O-])OCC[N+](C)(C)C)OC(=O)CCCCCCCCCCCCCCCCCCCC. The number of unbranched alkanes of at least 4 members (excludes halogenated alkanes) is 29. The Kier molecular flexibility index (Phi) is 42.6. The molecule has 61 heavy (non-hydrogen) atoms. The van der Waals surface area contributed by atoms with Crippen LogP contribution in [0.15, 0.2) is 24.3 Å². The molecule has 2 atom stereocenters. The van der Waals surface area contributed by atoms with Gasteiger partial charge in [0.05, 0.1) is 27.7 Å². The molecule has 10 heteroatoms. The Morgan fingerprint density at radius 1 is 0.508 bits per heavy atom. The van der Waals surface area contributed by atoms with Gasteiger partial charge in [-0.1, -0.05) is 205 Å². The number of phosphoric ester groups is 1. The van der Waals surface area contributed by atoms with E-state index in [1.807, 2.05) is 21.1 Å². The number of allylic oxidation sites excluding steroid dienone is 4. The van der Waals surface area contributed by atoms with E-state index in [0.29, 0.717) is 17.4 Å². The Hall–Kier alpha value is -1.51. The van der Waals surface area contributed by atoms with Crippen LogP contribution >= 0.6 is 7.82 Å². The predicted molar refractivity (Wildman–Crippen MR) is 254 cm³/mol. The van der Waals surface area contributed by atoms with E-state index in [-0.39, 0.29) is 32.0 Å². The molecule has 0 fully saturated rings. The van der Waals surface area contributed by atoms with Crippen molar-refractivity contribution in [1.29, 1.82) is 0 Å². The van der Waals surface area contributed by atoms with Gasteiger partial charge in [-0.05, 0) is 44.9 Å². The highest BCUT2D eigenvalue weighted by molar-refractivity contribution is 7.45. The maximum absolute atomic E-state index is 12.7. The average molecular weight is 884 g/mol. The van der Waals surface area contributed by atoms with Crippen molar-refractivity contribution in [3.63, 3.8) is 0 Å². The molecule has 360 valence electrons. The van der Waals surface area contributed by atoms with Gasteiger partial charge >= 0.3 is 11.9 Å². The van der Waals surface area contributed by atoms with Crippen molar-refractivity contribution in [2.24, 2.45) is 0 Å². The van der Waals surface area contributed by atoms with Crippen LogP contribution in [0.4, 0.5) is 0 Å². The third-order valence-electron chi connectivity index (χ3n) is 11.2. The monoisotopic (exact) mass is 884 g/mol. The number of hydrogen-bond donors (Lipinski definition) is 0. The van der Waals surface area contributed by atoms with E-state index in [2.05, 4.69) is 38.2 Å². The molecule has 9 nitrogen and oxygen atoms in total. The molecule has 0 aliphatic heterocycles. The van der Waals surface area contributed by atoms with Gasteiger partial charge in [-0.15, -0.1) is 0 Å². The predicted octanol–water partition coefficient (Wildman–Crippen LogP) is 14.5. The molecule has 1 unspecified atom stereocenters. The second kappa shape index (κ2) is 43.7. The number of nitrogens with zero attached hydrogens (tertiary/aromatic N) is 1. The molecule has 0 aromatic carbocycles. The molecule has 0 aliphatic carbocycles. The fourth-order valence-electron chi connectivity index (χ4n) is 7.22. The number of quaternary nitrogens is 1. The summed E-state index contributed by atoms with van der Waals surface area (Å²) in [6.45, 7) is 4.24. The molecule has 0 radical (unpaired) electrons. The number of carbonyl (C=O) groups is 2. The maximum Gasteiger partial charge on any atom is 0.306 e. The van der Waals surface area contributed by atoms with Crippen molar-refractivity contribution in [2.75, 3.05) is 47.5 Å². The van der Waals surface area contributed by atoms with Gasteiger partial charge in [-0.25, -0.2) is 0 Å². The molecule has 0 rings (SSSR count). The van der Waals surface area contributed by atoms with Crippen LogP contribution < -0.4 is 4.89 Å². The van der Waals surface area contributed by atoms with Crippen LogP contribution in [0.5, 0.6) is 0 Å². The summed E-state index contributed by atoms with van der Waals surface area (Å²) >= 11 is 0. The van der Waals surface area contributed by atoms with Crippen molar-refractivity contribution in [2.45, 2.75) is 245 Å². The van der Waals surface area contributed by atoms with Crippen LogP contribution in [0, 0.1) is 0 Å². The minimum absolute atomic E-state index is 0.0291. The highest BCUT2D eigenvalue weighted by Gasteiger charge is 2.21. The number of likely N-dealkylation sites (N-methyl/N-ethyl adjacent to an activating group) is 1. The zero-order chi connectivity index (χ0) is 45.0. The van der Waals surface area contributed by atoms with Gasteiger partial charge in [0.1, 0.15) is 19.8 Å². The van der Waals surface area contributed by atoms with Gasteiger partial charge in [0.15, 0.2) is 6.10 Å². The molecule has 0 heterocycles. The molecular formula is C51H98NO8P. The zero-order valence-corrected chi connectivity index (χ0v) is 41.5. The second-order valence-electron chi connectivity index (χ2n) is 18.5. The van der Waals surface area contributed by atoms with Gasteiger partial charge in [-0.3, -0.25) is 14.2 Å². The molecule has 0 N–H and O–H groups in total. The first-order chi connectivity index (χ1) is 29.5. The van der Waals surface area contributed by atoms with Crippen molar-refractivity contribution in [3.05, 3.63) is 24.3 Å². The van der Waals surface area contributed by atoms with Crippen LogP contribution in [-0.4, -0.2) is 70.0 Å². The fraction of sp³-hybridized carbons (Fsp3) is 0.882. The first kappa shape index (κ1) is 59.5. The number of hydrogen-bond acceptors (Lipinski definition) is 8. The first-order valence-electron chi connectivity index (χ1n) is 25.5. The Morgan fingerprint density at radius 2 is 0.885 bits per heavy atom. The van der Waals surface area contributed by atoms with Gasteiger partial charge in [0.2, 0.25) is 0 Å². The average Bonchev–Trinajstić information content (AvgIpc) is 3.21. The van der Waals surface area contributed by atoms with Gasteiger partial charge in [-0.2, -0.15) is 0 Å². The lowest BCUT2D eigenvalue weighted by molar-refractivity contribution is -0.870. The normalized spacial score (nSPS) is 13.6. The summed E-state index contributed by atoms with van der Waals surface area (Å²) < 4.78 is 34.1. The van der Waals surface area contributed by atoms with Crippen LogP contribution in [0.1, 0.15) is 239 Å². The molecule has 0 amide bonds. The molecule has 0 aromatic rings. The molecular weight excluding hydrogens is 786 g/mol. The largest absolute Gasteiger partial charge is 0.756 e. The van der Waals surface area contributed by atoms with E-state index >= 15 is 0 Å². The number of esters is 2. The summed E-state index contributed by atoms with van der Waals surface area (Å²) in [7, 11) is 1.17. The van der Waals surface area contributed by atoms with Crippen molar-refractivity contribution < 1.29 is 42.1 Å². The third kappa shape index (κ3) is 47.8. The third-order valence-corrected chi connectivity index (χ3v) is 12.2. The van der Waals surface area contributed by atoms with Crippen LogP contribution in [0.2, 0.25) is 0 Å². The van der Waals surface area contributed by atoms with Crippen molar-refractivity contribution in [3.8, 4) is 0 Å². The molecule has 0 spiro atoms.